The highest BCUT2D eigenvalue weighted by molar-refractivity contribution is 7.80. The summed E-state index contributed by atoms with van der Waals surface area (Å²) in [6.45, 7) is 10.9. The van der Waals surface area contributed by atoms with Crippen molar-refractivity contribution < 1.29 is 19.1 Å². The second-order valence-electron chi connectivity index (χ2n) is 9.82. The van der Waals surface area contributed by atoms with E-state index in [1.165, 1.54) is 4.90 Å². The van der Waals surface area contributed by atoms with Gasteiger partial charge in [-0.1, -0.05) is 18.5 Å². The van der Waals surface area contributed by atoms with E-state index in [0.29, 0.717) is 33.6 Å². The minimum absolute atomic E-state index is 0.0577. The van der Waals surface area contributed by atoms with Gasteiger partial charge >= 0.3 is 5.97 Å². The molecule has 2 aliphatic heterocycles. The number of likely N-dealkylation sites (N-methyl/N-ethyl adjacent to an activating group) is 1. The third kappa shape index (κ3) is 7.37. The van der Waals surface area contributed by atoms with Gasteiger partial charge in [0.25, 0.3) is 5.91 Å². The first-order valence-electron chi connectivity index (χ1n) is 13.7. The Kier molecular flexibility index (Phi) is 10.5. The van der Waals surface area contributed by atoms with Crippen molar-refractivity contribution >= 4 is 58.1 Å². The second kappa shape index (κ2) is 14.0. The quantitative estimate of drug-likeness (QED) is 0.314. The van der Waals surface area contributed by atoms with Crippen LogP contribution in [0.1, 0.15) is 37.0 Å². The molecule has 4 rings (SSSR count). The van der Waals surface area contributed by atoms with E-state index in [2.05, 4.69) is 22.0 Å². The fourth-order valence-corrected chi connectivity index (χ4v) is 5.54. The third-order valence-electron chi connectivity index (χ3n) is 7.25. The summed E-state index contributed by atoms with van der Waals surface area (Å²) in [6.07, 6.45) is 0.763. The molecule has 0 aliphatic carbocycles. The van der Waals surface area contributed by atoms with Crippen molar-refractivity contribution in [3.63, 3.8) is 0 Å². The number of halogens is 1. The first kappa shape index (κ1) is 29.9. The first-order valence-corrected chi connectivity index (χ1v) is 14.5. The van der Waals surface area contributed by atoms with Crippen LogP contribution in [0, 0.1) is 0 Å². The molecule has 9 nitrogen and oxygen atoms in total. The lowest BCUT2D eigenvalue weighted by Crippen LogP contribution is -2.47. The zero-order valence-electron chi connectivity index (χ0n) is 23.0. The van der Waals surface area contributed by atoms with Crippen LogP contribution in [0.5, 0.6) is 0 Å². The Morgan fingerprint density at radius 3 is 2.25 bits per heavy atom. The van der Waals surface area contributed by atoms with Crippen LogP contribution < -0.4 is 10.2 Å². The average molecular weight is 586 g/mol. The summed E-state index contributed by atoms with van der Waals surface area (Å²) < 4.78 is 5.01. The molecule has 1 atom stereocenters. The van der Waals surface area contributed by atoms with Crippen LogP contribution in [0.2, 0.25) is 5.02 Å². The zero-order valence-corrected chi connectivity index (χ0v) is 24.5. The van der Waals surface area contributed by atoms with Gasteiger partial charge in [-0.05, 0) is 87.2 Å². The molecule has 2 aromatic carbocycles. The molecule has 40 heavy (non-hydrogen) atoms. The van der Waals surface area contributed by atoms with Crippen molar-refractivity contribution in [2.45, 2.75) is 32.7 Å². The Morgan fingerprint density at radius 1 is 0.975 bits per heavy atom. The van der Waals surface area contributed by atoms with Gasteiger partial charge in [0.05, 0.1) is 24.3 Å². The predicted octanol–water partition coefficient (Wildman–Crippen LogP) is 3.88. The number of nitrogens with one attached hydrogen (secondary N) is 1. The fourth-order valence-electron chi connectivity index (χ4n) is 5.00. The van der Waals surface area contributed by atoms with Crippen LogP contribution in [-0.4, -0.2) is 96.1 Å². The van der Waals surface area contributed by atoms with Gasteiger partial charge in [-0.25, -0.2) is 4.79 Å². The highest BCUT2D eigenvalue weighted by Crippen LogP contribution is 2.29. The Bertz CT molecular complexity index is 1200. The number of anilines is 2. The predicted molar refractivity (Wildman–Crippen MR) is 161 cm³/mol. The van der Waals surface area contributed by atoms with Crippen LogP contribution in [0.3, 0.4) is 0 Å². The van der Waals surface area contributed by atoms with Gasteiger partial charge in [0.15, 0.2) is 5.11 Å². The van der Waals surface area contributed by atoms with Crippen LogP contribution in [-0.2, 0) is 14.3 Å². The number of amides is 2. The highest BCUT2D eigenvalue weighted by atomic mass is 35.5. The normalized spacial score (nSPS) is 18.3. The zero-order chi connectivity index (χ0) is 28.6. The van der Waals surface area contributed by atoms with E-state index < -0.39 is 12.0 Å². The van der Waals surface area contributed by atoms with Crippen molar-refractivity contribution in [1.82, 2.24) is 14.7 Å². The van der Waals surface area contributed by atoms with Crippen LogP contribution in [0.25, 0.3) is 0 Å². The minimum Gasteiger partial charge on any atom is -0.462 e. The molecule has 0 saturated carbocycles. The molecular formula is C29H36ClN5O4S. The Balaban J connectivity index is 1.43. The lowest BCUT2D eigenvalue weighted by Gasteiger charge is -2.34. The Labute approximate surface area is 246 Å². The van der Waals surface area contributed by atoms with Gasteiger partial charge in [0, 0.05) is 43.4 Å². The topological polar surface area (TPSA) is 85.4 Å². The second-order valence-corrected chi connectivity index (χ2v) is 10.6. The van der Waals surface area contributed by atoms with Crippen LogP contribution in [0.15, 0.2) is 48.5 Å². The van der Waals surface area contributed by atoms with Gasteiger partial charge in [-0.15, -0.1) is 0 Å². The number of rotatable bonds is 11. The van der Waals surface area contributed by atoms with Gasteiger partial charge < -0.3 is 24.8 Å². The van der Waals surface area contributed by atoms with Gasteiger partial charge in [0.2, 0.25) is 5.91 Å². The number of carbonyl (C=O) groups is 3. The maximum Gasteiger partial charge on any atom is 0.338 e. The van der Waals surface area contributed by atoms with Gasteiger partial charge in [-0.3, -0.25) is 14.5 Å². The van der Waals surface area contributed by atoms with Gasteiger partial charge in [0.1, 0.15) is 6.04 Å². The van der Waals surface area contributed by atoms with E-state index in [1.807, 2.05) is 4.90 Å². The van der Waals surface area contributed by atoms with E-state index >= 15 is 0 Å². The monoisotopic (exact) mass is 585 g/mol. The number of hydrogen-bond acceptors (Lipinski definition) is 7. The number of ether oxygens (including phenoxy) is 1. The summed E-state index contributed by atoms with van der Waals surface area (Å²) in [5.41, 5.74) is 1.55. The molecule has 0 aromatic heterocycles. The number of esters is 1. The Hall–Kier alpha value is -3.05. The number of thiocarbonyl (C=S) groups is 1. The average Bonchev–Trinajstić information content (AvgIpc) is 3.18. The summed E-state index contributed by atoms with van der Waals surface area (Å²) in [7, 11) is 0. The molecule has 0 unspecified atom stereocenters. The summed E-state index contributed by atoms with van der Waals surface area (Å²) in [5, 5.41) is 3.79. The van der Waals surface area contributed by atoms with E-state index in [9.17, 15) is 14.4 Å². The molecule has 2 saturated heterocycles. The molecular weight excluding hydrogens is 550 g/mol. The summed E-state index contributed by atoms with van der Waals surface area (Å²) in [4.78, 5) is 46.9. The largest absolute Gasteiger partial charge is 0.462 e. The molecule has 0 radical (unpaired) electrons. The molecule has 2 amide bonds. The first-order chi connectivity index (χ1) is 19.3. The molecule has 0 bridgehead atoms. The molecule has 1 N–H and O–H groups in total. The molecule has 2 heterocycles. The Morgan fingerprint density at radius 2 is 1.62 bits per heavy atom. The number of nitrogens with zero attached hydrogens (tertiary/aromatic N) is 4. The lowest BCUT2D eigenvalue weighted by atomic mass is 10.1. The molecule has 2 aliphatic rings. The minimum atomic E-state index is -0.723. The van der Waals surface area contributed by atoms with Crippen molar-refractivity contribution in [2.24, 2.45) is 0 Å². The number of benzene rings is 2. The van der Waals surface area contributed by atoms with E-state index in [4.69, 9.17) is 28.6 Å². The summed E-state index contributed by atoms with van der Waals surface area (Å²) in [5.74, 6) is -0.976. The van der Waals surface area contributed by atoms with Crippen molar-refractivity contribution in [1.29, 1.82) is 0 Å². The van der Waals surface area contributed by atoms with Crippen LogP contribution in [0.4, 0.5) is 11.4 Å². The maximum atomic E-state index is 13.6. The van der Waals surface area contributed by atoms with E-state index in [0.717, 1.165) is 45.7 Å². The fraction of sp³-hybridized carbons (Fsp3) is 0.448. The van der Waals surface area contributed by atoms with Crippen molar-refractivity contribution in [3.05, 3.63) is 59.1 Å². The molecule has 11 heteroatoms. The highest BCUT2D eigenvalue weighted by Gasteiger charge is 2.43. The van der Waals surface area contributed by atoms with E-state index in [-0.39, 0.29) is 24.8 Å². The standard InChI is InChI=1S/C29H36ClN5O4S/c1-3-32-16-18-33(19-17-32)14-5-15-34-25(27(37)35(29(34)40)24-12-8-22(30)9-13-24)20-26(36)31-23-10-6-21(7-11-23)28(38)39-4-2/h6-13,25H,3-5,14-20H2,1-2H3,(H,31,36)/t25-/m0/s1. The number of carbonyl (C=O) groups excluding carboxylic acids is 3. The smallest absolute Gasteiger partial charge is 0.338 e. The van der Waals surface area contributed by atoms with Crippen molar-refractivity contribution in [3.8, 4) is 0 Å². The molecule has 2 aromatic rings. The molecule has 2 fully saturated rings. The molecule has 214 valence electrons. The SMILES string of the molecule is CCOC(=O)c1ccc(NC(=O)C[C@H]2C(=O)N(c3ccc(Cl)cc3)C(=S)N2CCCN2CCN(CC)CC2)cc1. The summed E-state index contributed by atoms with van der Waals surface area (Å²) in [6, 6.07) is 12.7. The number of piperazine rings is 1. The molecule has 0 spiro atoms. The van der Waals surface area contributed by atoms with Crippen molar-refractivity contribution in [2.75, 3.05) is 62.6 Å². The third-order valence-corrected chi connectivity index (χ3v) is 7.92. The maximum absolute atomic E-state index is 13.6. The van der Waals surface area contributed by atoms with Crippen LogP contribution >= 0.6 is 23.8 Å². The summed E-state index contributed by atoms with van der Waals surface area (Å²) >= 11 is 11.8. The van der Waals surface area contributed by atoms with E-state index in [1.54, 1.807) is 55.5 Å². The lowest BCUT2D eigenvalue weighted by molar-refractivity contribution is -0.124. The number of hydrogen-bond donors (Lipinski definition) is 1. The van der Waals surface area contributed by atoms with Gasteiger partial charge in [-0.2, -0.15) is 0 Å².